The maximum atomic E-state index is 12.6. The van der Waals surface area contributed by atoms with E-state index in [0.717, 1.165) is 31.2 Å². The molecule has 2 amide bonds. The topological polar surface area (TPSA) is 69.6 Å². The molecule has 2 fully saturated rings. The highest BCUT2D eigenvalue weighted by atomic mass is 16.3. The summed E-state index contributed by atoms with van der Waals surface area (Å²) in [5.74, 6) is -0.377. The number of aliphatic hydroxyl groups excluding tert-OH is 1. The van der Waals surface area contributed by atoms with Gasteiger partial charge in [-0.25, -0.2) is 0 Å². The third-order valence-corrected chi connectivity index (χ3v) is 5.33. The first-order chi connectivity index (χ1) is 11.5. The van der Waals surface area contributed by atoms with Crippen LogP contribution in [0.4, 0.5) is 0 Å². The Morgan fingerprint density at radius 3 is 2.58 bits per heavy atom. The Balaban J connectivity index is 1.59. The average molecular weight is 330 g/mol. The lowest BCUT2D eigenvalue weighted by atomic mass is 9.97. The normalized spacial score (nSPS) is 22.8. The van der Waals surface area contributed by atoms with Gasteiger partial charge in [0.2, 0.25) is 11.8 Å². The van der Waals surface area contributed by atoms with Gasteiger partial charge in [0.25, 0.3) is 0 Å². The van der Waals surface area contributed by atoms with Crippen molar-refractivity contribution in [2.75, 3.05) is 13.2 Å². The zero-order chi connectivity index (χ0) is 17.2. The first-order valence-electron chi connectivity index (χ1n) is 8.77. The second kappa shape index (κ2) is 6.93. The molecule has 0 unspecified atom stereocenters. The summed E-state index contributed by atoms with van der Waals surface area (Å²) in [5, 5.41) is 12.7. The van der Waals surface area contributed by atoms with E-state index < -0.39 is 5.54 Å². The fraction of sp³-hybridized carbons (Fsp3) is 0.579. The van der Waals surface area contributed by atoms with Gasteiger partial charge < -0.3 is 15.3 Å². The van der Waals surface area contributed by atoms with Gasteiger partial charge in [0.05, 0.1) is 18.1 Å². The molecule has 1 heterocycles. The van der Waals surface area contributed by atoms with E-state index in [1.54, 1.807) is 4.90 Å². The van der Waals surface area contributed by atoms with Gasteiger partial charge in [-0.2, -0.15) is 0 Å². The highest BCUT2D eigenvalue weighted by Gasteiger charge is 2.40. The molecule has 0 bridgehead atoms. The molecule has 5 heteroatoms. The van der Waals surface area contributed by atoms with Crippen molar-refractivity contribution in [3.05, 3.63) is 35.4 Å². The van der Waals surface area contributed by atoms with Crippen molar-refractivity contribution in [2.45, 2.75) is 51.1 Å². The molecule has 1 saturated carbocycles. The van der Waals surface area contributed by atoms with Crippen molar-refractivity contribution in [3.63, 3.8) is 0 Å². The summed E-state index contributed by atoms with van der Waals surface area (Å²) in [6.07, 6.45) is 3.97. The Labute approximate surface area is 143 Å². The van der Waals surface area contributed by atoms with Crippen LogP contribution in [0.15, 0.2) is 24.3 Å². The minimum Gasteiger partial charge on any atom is -0.394 e. The van der Waals surface area contributed by atoms with E-state index in [-0.39, 0.29) is 30.8 Å². The number of nitrogens with one attached hydrogen (secondary N) is 1. The van der Waals surface area contributed by atoms with Crippen LogP contribution >= 0.6 is 0 Å². The molecule has 24 heavy (non-hydrogen) atoms. The second-order valence-electron chi connectivity index (χ2n) is 7.30. The number of hydrogen-bond acceptors (Lipinski definition) is 3. The fourth-order valence-corrected chi connectivity index (χ4v) is 3.75. The molecule has 1 aromatic carbocycles. The van der Waals surface area contributed by atoms with Crippen molar-refractivity contribution in [2.24, 2.45) is 5.92 Å². The summed E-state index contributed by atoms with van der Waals surface area (Å²) in [7, 11) is 0. The lowest BCUT2D eigenvalue weighted by molar-refractivity contribution is -0.130. The summed E-state index contributed by atoms with van der Waals surface area (Å²) in [6, 6.07) is 8.11. The highest BCUT2D eigenvalue weighted by Crippen LogP contribution is 2.30. The Morgan fingerprint density at radius 1 is 1.29 bits per heavy atom. The van der Waals surface area contributed by atoms with Crippen LogP contribution in [-0.4, -0.2) is 40.5 Å². The number of aryl methyl sites for hydroxylation is 1. The van der Waals surface area contributed by atoms with Gasteiger partial charge in [-0.05, 0) is 25.3 Å². The molecule has 5 nitrogen and oxygen atoms in total. The van der Waals surface area contributed by atoms with Crippen LogP contribution in [-0.2, 0) is 16.1 Å². The molecule has 1 aliphatic carbocycles. The van der Waals surface area contributed by atoms with Crippen LogP contribution in [0.2, 0.25) is 0 Å². The van der Waals surface area contributed by atoms with Gasteiger partial charge >= 0.3 is 0 Å². The number of hydrogen-bond donors (Lipinski definition) is 2. The lowest BCUT2D eigenvalue weighted by Crippen LogP contribution is -2.51. The number of carbonyl (C=O) groups excluding carboxylic acids is 2. The second-order valence-corrected chi connectivity index (χ2v) is 7.30. The molecule has 0 aromatic heterocycles. The first kappa shape index (κ1) is 17.0. The zero-order valence-corrected chi connectivity index (χ0v) is 14.3. The van der Waals surface area contributed by atoms with Crippen LogP contribution in [0.3, 0.4) is 0 Å². The summed E-state index contributed by atoms with van der Waals surface area (Å²) in [5.41, 5.74) is 1.80. The summed E-state index contributed by atoms with van der Waals surface area (Å²) >= 11 is 0. The molecule has 0 spiro atoms. The lowest BCUT2D eigenvalue weighted by Gasteiger charge is -2.29. The van der Waals surface area contributed by atoms with Crippen LogP contribution in [0, 0.1) is 12.8 Å². The molecule has 0 radical (unpaired) electrons. The number of likely N-dealkylation sites (tertiary alicyclic amines) is 1. The Bertz CT molecular complexity index is 606. The smallest absolute Gasteiger partial charge is 0.225 e. The van der Waals surface area contributed by atoms with Gasteiger partial charge in [0.1, 0.15) is 0 Å². The van der Waals surface area contributed by atoms with Crippen molar-refractivity contribution < 1.29 is 14.7 Å². The number of amides is 2. The molecular weight excluding hydrogens is 304 g/mol. The molecular formula is C19H26N2O3. The monoisotopic (exact) mass is 330 g/mol. The van der Waals surface area contributed by atoms with Crippen molar-refractivity contribution in [1.29, 1.82) is 0 Å². The van der Waals surface area contributed by atoms with Gasteiger partial charge in [0.15, 0.2) is 0 Å². The van der Waals surface area contributed by atoms with E-state index >= 15 is 0 Å². The van der Waals surface area contributed by atoms with E-state index in [1.807, 2.05) is 31.2 Å². The maximum Gasteiger partial charge on any atom is 0.225 e. The molecule has 1 aromatic rings. The van der Waals surface area contributed by atoms with Crippen LogP contribution < -0.4 is 5.32 Å². The standard InChI is InChI=1S/C19H26N2O3/c1-14-4-6-15(7-5-14)11-21-12-16(10-17(21)23)18(24)20-19(13-22)8-2-3-9-19/h4-7,16,22H,2-3,8-13H2,1H3,(H,20,24)/t16-/m0/s1. The average Bonchev–Trinajstić information content (AvgIpc) is 3.18. The molecule has 2 N–H and O–H groups in total. The highest BCUT2D eigenvalue weighted by molar-refractivity contribution is 5.89. The Kier molecular flexibility index (Phi) is 4.90. The van der Waals surface area contributed by atoms with Crippen LogP contribution in [0.5, 0.6) is 0 Å². The van der Waals surface area contributed by atoms with Crippen molar-refractivity contribution in [3.8, 4) is 0 Å². The van der Waals surface area contributed by atoms with Gasteiger partial charge in [0, 0.05) is 19.5 Å². The summed E-state index contributed by atoms with van der Waals surface area (Å²) < 4.78 is 0. The van der Waals surface area contributed by atoms with E-state index in [0.29, 0.717) is 13.1 Å². The third-order valence-electron chi connectivity index (χ3n) is 5.33. The predicted octanol–water partition coefficient (Wildman–Crippen LogP) is 1.76. The van der Waals surface area contributed by atoms with Crippen LogP contribution in [0.1, 0.15) is 43.2 Å². The van der Waals surface area contributed by atoms with Crippen molar-refractivity contribution in [1.82, 2.24) is 10.2 Å². The van der Waals surface area contributed by atoms with E-state index in [9.17, 15) is 14.7 Å². The molecule has 1 aliphatic heterocycles. The molecule has 1 saturated heterocycles. The predicted molar refractivity (Wildman–Crippen MR) is 91.1 cm³/mol. The minimum atomic E-state index is -0.468. The SMILES string of the molecule is Cc1ccc(CN2C[C@@H](C(=O)NC3(CO)CCCC3)CC2=O)cc1. The van der Waals surface area contributed by atoms with Crippen molar-refractivity contribution >= 4 is 11.8 Å². The van der Waals surface area contributed by atoms with E-state index in [4.69, 9.17) is 0 Å². The number of benzene rings is 1. The first-order valence-corrected chi connectivity index (χ1v) is 8.77. The zero-order valence-electron chi connectivity index (χ0n) is 14.3. The van der Waals surface area contributed by atoms with E-state index in [2.05, 4.69) is 5.32 Å². The number of aliphatic hydroxyl groups is 1. The molecule has 3 rings (SSSR count). The number of nitrogens with zero attached hydrogens (tertiary/aromatic N) is 1. The molecule has 2 aliphatic rings. The number of carbonyl (C=O) groups is 2. The quantitative estimate of drug-likeness (QED) is 0.864. The fourth-order valence-electron chi connectivity index (χ4n) is 3.75. The van der Waals surface area contributed by atoms with Gasteiger partial charge in [-0.15, -0.1) is 0 Å². The summed E-state index contributed by atoms with van der Waals surface area (Å²) in [4.78, 5) is 26.6. The molecule has 1 atom stereocenters. The minimum absolute atomic E-state index is 0.0213. The largest absolute Gasteiger partial charge is 0.394 e. The molecule has 130 valence electrons. The van der Waals surface area contributed by atoms with Gasteiger partial charge in [-0.1, -0.05) is 42.7 Å². The Hall–Kier alpha value is -1.88. The van der Waals surface area contributed by atoms with E-state index in [1.165, 1.54) is 5.56 Å². The maximum absolute atomic E-state index is 12.6. The third kappa shape index (κ3) is 3.61. The Morgan fingerprint density at radius 2 is 1.96 bits per heavy atom. The van der Waals surface area contributed by atoms with Crippen LogP contribution in [0.25, 0.3) is 0 Å². The number of rotatable bonds is 5. The summed E-state index contributed by atoms with van der Waals surface area (Å²) in [6.45, 7) is 3.02. The van der Waals surface area contributed by atoms with Gasteiger partial charge in [-0.3, -0.25) is 9.59 Å².